The van der Waals surface area contributed by atoms with Crippen molar-refractivity contribution in [1.29, 1.82) is 0 Å². The van der Waals surface area contributed by atoms with E-state index in [2.05, 4.69) is 11.2 Å². The lowest BCUT2D eigenvalue weighted by molar-refractivity contribution is -0.189. The highest BCUT2D eigenvalue weighted by Gasteiger charge is 2.43. The Morgan fingerprint density at radius 1 is 1.41 bits per heavy atom. The number of carbonyl (C=O) groups is 1. The van der Waals surface area contributed by atoms with Gasteiger partial charge in [0.05, 0.1) is 10.7 Å². The molecule has 1 aromatic rings. The maximum absolute atomic E-state index is 13.4. The fourth-order valence-electron chi connectivity index (χ4n) is 3.42. The molecule has 2 fully saturated rings. The van der Waals surface area contributed by atoms with Crippen LogP contribution in [0.25, 0.3) is 0 Å². The molecular formula is C19H24ClF3N2O3S. The van der Waals surface area contributed by atoms with Gasteiger partial charge in [0.15, 0.2) is 6.10 Å². The summed E-state index contributed by atoms with van der Waals surface area (Å²) >= 11 is 6.21. The first-order chi connectivity index (χ1) is 13.3. The third-order valence-electron chi connectivity index (χ3n) is 5.50. The van der Waals surface area contributed by atoms with E-state index in [0.29, 0.717) is 19.3 Å². The van der Waals surface area contributed by atoms with Crippen molar-refractivity contribution < 1.29 is 26.9 Å². The summed E-state index contributed by atoms with van der Waals surface area (Å²) in [5.74, 6) is 3.36. The van der Waals surface area contributed by atoms with Crippen LogP contribution in [-0.2, 0) is 14.3 Å². The van der Waals surface area contributed by atoms with Crippen LogP contribution in [0.2, 0.25) is 5.02 Å². The van der Waals surface area contributed by atoms with Gasteiger partial charge in [0, 0.05) is 25.6 Å². The summed E-state index contributed by atoms with van der Waals surface area (Å²) in [5, 5.41) is 2.50. The normalized spacial score (nSPS) is 26.4. The van der Waals surface area contributed by atoms with Gasteiger partial charge in [0.1, 0.15) is 5.75 Å². The number of carbonyl (C=O) groups excluding carboxylic acids is 1. The van der Waals surface area contributed by atoms with Crippen molar-refractivity contribution in [2.75, 3.05) is 0 Å². The largest absolute Gasteiger partial charge is 0.481 e. The number of halogens is 4. The maximum atomic E-state index is 13.4. The molecular weight excluding hydrogens is 429 g/mol. The molecule has 29 heavy (non-hydrogen) atoms. The van der Waals surface area contributed by atoms with Crippen LogP contribution in [0.5, 0.6) is 5.75 Å². The molecule has 0 aliphatic heterocycles. The zero-order valence-electron chi connectivity index (χ0n) is 15.9. The van der Waals surface area contributed by atoms with E-state index in [1.165, 1.54) is 18.2 Å². The molecule has 4 atom stereocenters. The van der Waals surface area contributed by atoms with Gasteiger partial charge in [-0.3, -0.25) is 9.00 Å². The first-order valence-electron chi connectivity index (χ1n) is 9.32. The van der Waals surface area contributed by atoms with E-state index in [1.807, 2.05) is 0 Å². The molecule has 0 bridgehead atoms. The topological polar surface area (TPSA) is 81.4 Å². The van der Waals surface area contributed by atoms with Gasteiger partial charge in [-0.15, -0.1) is 0 Å². The molecule has 1 unspecified atom stereocenters. The summed E-state index contributed by atoms with van der Waals surface area (Å²) in [6.07, 6.45) is -3.51. The Bertz CT molecular complexity index is 900. The predicted octanol–water partition coefficient (Wildman–Crippen LogP) is 3.48. The Balaban J connectivity index is 1.70. The predicted molar refractivity (Wildman–Crippen MR) is 107 cm³/mol. The standard InChI is InChI=1S/C19H24ClF3N2O3S/c1-11(19(21,22)23)28-13-4-6-16(15(20)10-13)29(2,27)14-5-3-12(9-14)17(26)25-18(24)7-8-18/h4,6,10-12,14H,2-3,5,7-9,24H2,1H3,(H,25,26)/t11-,12+,14+,29?/m1/s1. The fraction of sp³-hybridized carbons (Fsp3) is 0.579. The molecule has 0 heterocycles. The molecule has 3 N–H and O–H groups in total. The molecule has 0 spiro atoms. The zero-order valence-corrected chi connectivity index (χ0v) is 17.5. The molecule has 0 aromatic heterocycles. The average molecular weight is 453 g/mol. The lowest BCUT2D eigenvalue weighted by Gasteiger charge is -2.21. The third kappa shape index (κ3) is 5.00. The highest BCUT2D eigenvalue weighted by Crippen LogP contribution is 2.38. The minimum absolute atomic E-state index is 0.0312. The monoisotopic (exact) mass is 452 g/mol. The van der Waals surface area contributed by atoms with Crippen molar-refractivity contribution in [3.63, 3.8) is 0 Å². The molecule has 2 aliphatic carbocycles. The van der Waals surface area contributed by atoms with E-state index in [1.54, 1.807) is 0 Å². The van der Waals surface area contributed by atoms with Crippen LogP contribution >= 0.6 is 11.6 Å². The second-order valence-electron chi connectivity index (χ2n) is 7.90. The number of amides is 1. The van der Waals surface area contributed by atoms with Gasteiger partial charge in [-0.1, -0.05) is 11.6 Å². The number of hydrogen-bond acceptors (Lipinski definition) is 4. The van der Waals surface area contributed by atoms with Crippen LogP contribution in [0.3, 0.4) is 0 Å². The summed E-state index contributed by atoms with van der Waals surface area (Å²) in [6, 6.07) is 3.91. The first-order valence-corrected chi connectivity index (χ1v) is 11.5. The molecule has 10 heteroatoms. The van der Waals surface area contributed by atoms with Gasteiger partial charge in [-0.2, -0.15) is 13.2 Å². The quantitative estimate of drug-likeness (QED) is 0.511. The van der Waals surface area contributed by atoms with Gasteiger partial charge >= 0.3 is 6.18 Å². The van der Waals surface area contributed by atoms with Gasteiger partial charge in [0.25, 0.3) is 0 Å². The molecule has 5 nitrogen and oxygen atoms in total. The number of nitrogens with one attached hydrogen (secondary N) is 1. The van der Waals surface area contributed by atoms with Gasteiger partial charge in [-0.05, 0) is 63.1 Å². The van der Waals surface area contributed by atoms with Crippen LogP contribution in [-0.4, -0.2) is 39.2 Å². The SMILES string of the molecule is C=S(=O)(c1ccc(O[C@H](C)C(F)(F)F)cc1Cl)[C@H]1CC[C@H](C(=O)NC2(N)CC2)C1. The Morgan fingerprint density at radius 2 is 2.07 bits per heavy atom. The summed E-state index contributed by atoms with van der Waals surface area (Å²) in [4.78, 5) is 12.6. The number of rotatable bonds is 6. The van der Waals surface area contributed by atoms with Crippen LogP contribution < -0.4 is 15.8 Å². The molecule has 3 rings (SSSR count). The summed E-state index contributed by atoms with van der Waals surface area (Å²) in [7, 11) is -2.86. The molecule has 0 saturated heterocycles. The van der Waals surface area contributed by atoms with E-state index in [-0.39, 0.29) is 32.7 Å². The van der Waals surface area contributed by atoms with Crippen molar-refractivity contribution in [3.8, 4) is 5.75 Å². The van der Waals surface area contributed by atoms with Crippen molar-refractivity contribution in [2.24, 2.45) is 11.7 Å². The van der Waals surface area contributed by atoms with E-state index in [9.17, 15) is 22.2 Å². The number of ether oxygens (including phenoxy) is 1. The van der Waals surface area contributed by atoms with Gasteiger partial charge in [-0.25, -0.2) is 0 Å². The first kappa shape index (κ1) is 22.2. The average Bonchev–Trinajstić information content (AvgIpc) is 3.11. The van der Waals surface area contributed by atoms with Gasteiger partial charge in [0.2, 0.25) is 5.91 Å². The Morgan fingerprint density at radius 3 is 2.62 bits per heavy atom. The summed E-state index contributed by atoms with van der Waals surface area (Å²) in [5.41, 5.74) is 5.32. The lowest BCUT2D eigenvalue weighted by atomic mass is 10.1. The third-order valence-corrected chi connectivity index (χ3v) is 8.53. The van der Waals surface area contributed by atoms with E-state index >= 15 is 0 Å². The summed E-state index contributed by atoms with van der Waals surface area (Å²) in [6.45, 7) is 0.892. The van der Waals surface area contributed by atoms with Crippen molar-refractivity contribution in [1.82, 2.24) is 5.32 Å². The second-order valence-corrected chi connectivity index (χ2v) is 10.9. The van der Waals surface area contributed by atoms with Crippen LogP contribution in [0, 0.1) is 5.92 Å². The van der Waals surface area contributed by atoms with E-state index in [0.717, 1.165) is 19.8 Å². The Labute approximate surface area is 173 Å². The van der Waals surface area contributed by atoms with Crippen LogP contribution in [0.15, 0.2) is 23.1 Å². The number of nitrogens with two attached hydrogens (primary N) is 1. The Hall–Kier alpha value is -1.45. The molecule has 1 amide bonds. The van der Waals surface area contributed by atoms with Crippen LogP contribution in [0.1, 0.15) is 39.0 Å². The number of hydrogen-bond donors (Lipinski definition) is 2. The molecule has 1 aromatic carbocycles. The molecule has 162 valence electrons. The second kappa shape index (κ2) is 7.67. The van der Waals surface area contributed by atoms with Gasteiger partial charge < -0.3 is 15.8 Å². The smallest absolute Gasteiger partial charge is 0.425 e. The fourth-order valence-corrected chi connectivity index (χ4v) is 6.09. The maximum Gasteiger partial charge on any atom is 0.425 e. The zero-order chi connectivity index (χ0) is 21.6. The van der Waals surface area contributed by atoms with Crippen LogP contribution in [0.4, 0.5) is 13.2 Å². The van der Waals surface area contributed by atoms with E-state index in [4.69, 9.17) is 22.1 Å². The highest BCUT2D eigenvalue weighted by molar-refractivity contribution is 8.01. The molecule has 2 saturated carbocycles. The summed E-state index contributed by atoms with van der Waals surface area (Å²) < 4.78 is 56.3. The molecule has 0 radical (unpaired) electrons. The minimum Gasteiger partial charge on any atom is -0.481 e. The Kier molecular flexibility index (Phi) is 5.88. The number of alkyl halides is 3. The van der Waals surface area contributed by atoms with Crippen molar-refractivity contribution in [2.45, 2.75) is 67.1 Å². The minimum atomic E-state index is -4.51. The van der Waals surface area contributed by atoms with Crippen molar-refractivity contribution in [3.05, 3.63) is 23.2 Å². The molecule has 2 aliphatic rings. The lowest BCUT2D eigenvalue weighted by Crippen LogP contribution is -2.46. The van der Waals surface area contributed by atoms with Crippen molar-refractivity contribution >= 4 is 32.9 Å². The van der Waals surface area contributed by atoms with E-state index < -0.39 is 27.5 Å². The highest BCUT2D eigenvalue weighted by atomic mass is 35.5. The number of benzene rings is 1.